The summed E-state index contributed by atoms with van der Waals surface area (Å²) in [5, 5.41) is 11.4. The molecule has 0 radical (unpaired) electrons. The van der Waals surface area contributed by atoms with Crippen LogP contribution in [0.5, 0.6) is 0 Å². The molecule has 0 saturated carbocycles. The largest absolute Gasteiger partial charge is 0.294 e. The molecule has 1 fully saturated rings. The average molecular weight is 446 g/mol. The van der Waals surface area contributed by atoms with E-state index in [1.807, 2.05) is 30.3 Å². The highest BCUT2D eigenvalue weighted by molar-refractivity contribution is 7.92. The second-order valence-corrected chi connectivity index (χ2v) is 10.2. The van der Waals surface area contributed by atoms with Gasteiger partial charge in [0.05, 0.1) is 16.3 Å². The second kappa shape index (κ2) is 7.65. The van der Waals surface area contributed by atoms with Crippen LogP contribution >= 0.6 is 11.3 Å². The van der Waals surface area contributed by atoms with E-state index in [1.165, 1.54) is 26.9 Å². The first-order valence-corrected chi connectivity index (χ1v) is 11.9. The summed E-state index contributed by atoms with van der Waals surface area (Å²) in [6.45, 7) is 2.43. The van der Waals surface area contributed by atoms with E-state index in [4.69, 9.17) is 0 Å². The fourth-order valence-electron chi connectivity index (χ4n) is 3.17. The number of aromatic nitrogens is 3. The number of rotatable bonds is 4. The van der Waals surface area contributed by atoms with Crippen LogP contribution in [0.1, 0.15) is 32.3 Å². The number of thiophene rings is 1. The monoisotopic (exact) mass is 445 g/mol. The molecule has 11 heteroatoms. The molecule has 0 spiro atoms. The van der Waals surface area contributed by atoms with E-state index in [0.29, 0.717) is 25.2 Å². The Bertz CT molecular complexity index is 1220. The molecule has 0 atom stereocenters. The zero-order valence-electron chi connectivity index (χ0n) is 16.3. The highest BCUT2D eigenvalue weighted by Crippen LogP contribution is 2.25. The molecular weight excluding hydrogens is 426 g/mol. The average Bonchev–Trinajstić information content (AvgIpc) is 3.46. The van der Waals surface area contributed by atoms with Gasteiger partial charge in [-0.3, -0.25) is 9.59 Å². The zero-order valence-corrected chi connectivity index (χ0v) is 18.0. The van der Waals surface area contributed by atoms with Crippen molar-refractivity contribution in [2.75, 3.05) is 19.3 Å². The molecule has 1 saturated heterocycles. The Morgan fingerprint density at radius 1 is 0.967 bits per heavy atom. The van der Waals surface area contributed by atoms with Crippen molar-refractivity contribution < 1.29 is 18.0 Å². The Balaban J connectivity index is 1.59. The van der Waals surface area contributed by atoms with Gasteiger partial charge in [-0.2, -0.15) is 9.90 Å². The predicted octanol–water partition coefficient (Wildman–Crippen LogP) is 1.94. The van der Waals surface area contributed by atoms with Gasteiger partial charge in [-0.15, -0.1) is 16.4 Å². The Hall–Kier alpha value is -3.05. The zero-order chi connectivity index (χ0) is 21.5. The van der Waals surface area contributed by atoms with Gasteiger partial charge in [-0.1, -0.05) is 18.2 Å². The van der Waals surface area contributed by atoms with Crippen molar-refractivity contribution >= 4 is 33.0 Å². The van der Waals surface area contributed by atoms with Crippen LogP contribution in [0.15, 0.2) is 46.7 Å². The molecule has 2 amide bonds. The number of aryl methyl sites for hydroxylation is 1. The lowest BCUT2D eigenvalue weighted by Gasteiger charge is -2.26. The molecule has 156 valence electrons. The van der Waals surface area contributed by atoms with E-state index in [0.717, 1.165) is 23.3 Å². The smallest absolute Gasteiger partial charge is 0.266 e. The molecule has 3 heterocycles. The van der Waals surface area contributed by atoms with Gasteiger partial charge in [0.2, 0.25) is 0 Å². The van der Waals surface area contributed by atoms with Gasteiger partial charge in [0.15, 0.2) is 15.5 Å². The van der Waals surface area contributed by atoms with Crippen LogP contribution in [-0.4, -0.2) is 64.6 Å². The predicted molar refractivity (Wildman–Crippen MR) is 110 cm³/mol. The summed E-state index contributed by atoms with van der Waals surface area (Å²) in [4.78, 5) is 27.8. The summed E-state index contributed by atoms with van der Waals surface area (Å²) in [6, 6.07) is 12.1. The molecule has 1 aliphatic heterocycles. The molecule has 0 N–H and O–H groups in total. The van der Waals surface area contributed by atoms with Crippen molar-refractivity contribution in [2.24, 2.45) is 0 Å². The first kappa shape index (κ1) is 20.2. The van der Waals surface area contributed by atoms with Crippen molar-refractivity contribution in [3.05, 3.63) is 58.7 Å². The SMILES string of the molecule is Cc1nn(-c2ccccc2)nc1C(=O)N1CCCN1C(=O)c1ccc(S(C)(=O)=O)s1. The summed E-state index contributed by atoms with van der Waals surface area (Å²) in [5.41, 5.74) is 1.35. The van der Waals surface area contributed by atoms with Crippen LogP contribution in [0.4, 0.5) is 0 Å². The van der Waals surface area contributed by atoms with E-state index < -0.39 is 21.7 Å². The standard InChI is InChI=1S/C19H19N5O4S2/c1-13-17(21-24(20-13)14-7-4-3-5-8-14)19(26)23-12-6-11-22(23)18(25)15-9-10-16(29-15)30(2,27)28/h3-5,7-10H,6,11-12H2,1-2H3. The van der Waals surface area contributed by atoms with Gasteiger partial charge in [0, 0.05) is 19.3 Å². The molecule has 4 rings (SSSR count). The van der Waals surface area contributed by atoms with E-state index in [2.05, 4.69) is 10.2 Å². The van der Waals surface area contributed by atoms with E-state index in [9.17, 15) is 18.0 Å². The second-order valence-electron chi connectivity index (χ2n) is 6.86. The third kappa shape index (κ3) is 3.73. The molecule has 30 heavy (non-hydrogen) atoms. The Morgan fingerprint density at radius 3 is 2.27 bits per heavy atom. The highest BCUT2D eigenvalue weighted by atomic mass is 32.2. The molecule has 9 nitrogen and oxygen atoms in total. The molecule has 0 bridgehead atoms. The Morgan fingerprint density at radius 2 is 1.63 bits per heavy atom. The number of para-hydroxylation sites is 1. The van der Waals surface area contributed by atoms with Gasteiger partial charge >= 0.3 is 0 Å². The number of sulfone groups is 1. The minimum atomic E-state index is -3.39. The summed E-state index contributed by atoms with van der Waals surface area (Å²) < 4.78 is 23.5. The fourth-order valence-corrected chi connectivity index (χ4v) is 5.04. The van der Waals surface area contributed by atoms with Crippen molar-refractivity contribution in [3.8, 4) is 5.69 Å². The van der Waals surface area contributed by atoms with E-state index in [-0.39, 0.29) is 14.8 Å². The number of nitrogens with zero attached hydrogens (tertiary/aromatic N) is 5. The van der Waals surface area contributed by atoms with Crippen molar-refractivity contribution in [1.29, 1.82) is 0 Å². The summed E-state index contributed by atoms with van der Waals surface area (Å²) in [7, 11) is -3.39. The minimum Gasteiger partial charge on any atom is -0.266 e. The molecule has 2 aromatic heterocycles. The van der Waals surface area contributed by atoms with Gasteiger partial charge in [0.1, 0.15) is 4.21 Å². The van der Waals surface area contributed by atoms with Crippen LogP contribution in [-0.2, 0) is 9.84 Å². The summed E-state index contributed by atoms with van der Waals surface area (Å²) in [6.07, 6.45) is 1.71. The Labute approximate surface area is 177 Å². The lowest BCUT2D eigenvalue weighted by Crippen LogP contribution is -2.45. The maximum absolute atomic E-state index is 13.1. The number of benzene rings is 1. The first-order chi connectivity index (χ1) is 14.3. The first-order valence-electron chi connectivity index (χ1n) is 9.18. The fraction of sp³-hybridized carbons (Fsp3) is 0.263. The van der Waals surface area contributed by atoms with Crippen molar-refractivity contribution in [3.63, 3.8) is 0 Å². The summed E-state index contributed by atoms with van der Waals surface area (Å²) in [5.74, 6) is -0.825. The van der Waals surface area contributed by atoms with Crippen LogP contribution in [0, 0.1) is 6.92 Å². The molecule has 1 aliphatic rings. The molecule has 3 aromatic rings. The molecule has 1 aromatic carbocycles. The van der Waals surface area contributed by atoms with Gasteiger partial charge in [0.25, 0.3) is 11.8 Å². The number of carbonyl (C=O) groups excluding carboxylic acids is 2. The number of hydrogen-bond donors (Lipinski definition) is 0. The van der Waals surface area contributed by atoms with Crippen LogP contribution in [0.2, 0.25) is 0 Å². The summed E-state index contributed by atoms with van der Waals surface area (Å²) >= 11 is 0.900. The maximum Gasteiger partial charge on any atom is 0.294 e. The third-order valence-electron chi connectivity index (χ3n) is 4.63. The van der Waals surface area contributed by atoms with Gasteiger partial charge in [-0.05, 0) is 37.6 Å². The number of hydrazine groups is 1. The molecule has 0 aliphatic carbocycles. The normalized spacial score (nSPS) is 14.3. The van der Waals surface area contributed by atoms with Crippen molar-refractivity contribution in [1.82, 2.24) is 25.0 Å². The topological polar surface area (TPSA) is 105 Å². The number of hydrogen-bond acceptors (Lipinski definition) is 7. The molecular formula is C19H19N5O4S2. The van der Waals surface area contributed by atoms with E-state index in [1.54, 1.807) is 6.92 Å². The van der Waals surface area contributed by atoms with Crippen LogP contribution in [0.25, 0.3) is 5.69 Å². The number of carbonyl (C=O) groups is 2. The van der Waals surface area contributed by atoms with E-state index >= 15 is 0 Å². The van der Waals surface area contributed by atoms with Gasteiger partial charge < -0.3 is 0 Å². The van der Waals surface area contributed by atoms with Gasteiger partial charge in [-0.25, -0.2) is 18.4 Å². The highest BCUT2D eigenvalue weighted by Gasteiger charge is 2.35. The van der Waals surface area contributed by atoms with Crippen molar-refractivity contribution in [2.45, 2.75) is 17.6 Å². The lowest BCUT2D eigenvalue weighted by atomic mass is 10.3. The Kier molecular flexibility index (Phi) is 5.16. The van der Waals surface area contributed by atoms with Crippen LogP contribution < -0.4 is 0 Å². The maximum atomic E-state index is 13.1. The quantitative estimate of drug-likeness (QED) is 0.608. The minimum absolute atomic E-state index is 0.115. The van der Waals surface area contributed by atoms with Crippen LogP contribution in [0.3, 0.4) is 0 Å². The molecule has 0 unspecified atom stereocenters. The number of amides is 2. The third-order valence-corrected chi connectivity index (χ3v) is 7.52. The lowest BCUT2D eigenvalue weighted by molar-refractivity contribution is 0.0184.